The largest absolute Gasteiger partial charge is 0.321 e. The Morgan fingerprint density at radius 2 is 2.09 bits per heavy atom. The molecule has 23 heavy (non-hydrogen) atoms. The summed E-state index contributed by atoms with van der Waals surface area (Å²) in [5.74, 6) is -0.229. The van der Waals surface area contributed by atoms with Crippen LogP contribution in [0.15, 0.2) is 42.6 Å². The molecule has 2 N–H and O–H groups in total. The summed E-state index contributed by atoms with van der Waals surface area (Å²) in [6.45, 7) is 1.72. The number of carbonyl (C=O) groups excluding carboxylic acids is 1. The molecule has 1 amide bonds. The number of carbonyl (C=O) groups is 1. The van der Waals surface area contributed by atoms with Gasteiger partial charge in [-0.25, -0.2) is 4.98 Å². The number of nitrogens with zero attached hydrogens (tertiary/aromatic N) is 1. The average Bonchev–Trinajstić information content (AvgIpc) is 2.57. The molecule has 0 bridgehead atoms. The van der Waals surface area contributed by atoms with Gasteiger partial charge in [0.25, 0.3) is 5.91 Å². The predicted octanol–water partition coefficient (Wildman–Crippen LogP) is 4.02. The molecule has 4 nitrogen and oxygen atoms in total. The smallest absolute Gasteiger partial charge is 0.255 e. The number of benzene rings is 1. The number of amides is 1. The van der Waals surface area contributed by atoms with Crippen LogP contribution in [0.2, 0.25) is 10.2 Å². The highest BCUT2D eigenvalue weighted by atomic mass is 35.5. The van der Waals surface area contributed by atoms with Crippen LogP contribution in [0.4, 0.5) is 5.69 Å². The van der Waals surface area contributed by atoms with Gasteiger partial charge >= 0.3 is 0 Å². The fraction of sp³-hybridized carbons (Fsp3) is 0.176. The van der Waals surface area contributed by atoms with Crippen molar-refractivity contribution in [3.63, 3.8) is 0 Å². The minimum absolute atomic E-state index is 0.229. The van der Waals surface area contributed by atoms with Crippen LogP contribution in [0.5, 0.6) is 0 Å². The molecule has 118 valence electrons. The molecule has 1 aliphatic heterocycles. The zero-order chi connectivity index (χ0) is 16.2. The highest BCUT2D eigenvalue weighted by molar-refractivity contribution is 6.31. The SMILES string of the molecule is O=C(Nc1ccc(Cl)cc1C1=CCNCC1)c1ccnc(Cl)c1. The standard InChI is InChI=1S/C17H15Cl2N3O/c18-13-1-2-15(14(10-13)11-3-6-20-7-4-11)22-17(23)12-5-8-21-16(19)9-12/h1-3,5,8-10,20H,4,6-7H2,(H,22,23). The molecule has 0 fully saturated rings. The Morgan fingerprint density at radius 1 is 1.22 bits per heavy atom. The van der Waals surface area contributed by atoms with Crippen LogP contribution in [0.1, 0.15) is 22.3 Å². The zero-order valence-corrected chi connectivity index (χ0v) is 13.8. The summed E-state index contributed by atoms with van der Waals surface area (Å²) >= 11 is 12.0. The van der Waals surface area contributed by atoms with Gasteiger partial charge in [0, 0.05) is 34.6 Å². The van der Waals surface area contributed by atoms with Crippen molar-refractivity contribution in [1.29, 1.82) is 0 Å². The first kappa shape index (κ1) is 16.0. The van der Waals surface area contributed by atoms with E-state index in [4.69, 9.17) is 23.2 Å². The molecular formula is C17H15Cl2N3O. The van der Waals surface area contributed by atoms with E-state index in [0.717, 1.165) is 30.8 Å². The molecule has 1 aromatic carbocycles. The lowest BCUT2D eigenvalue weighted by molar-refractivity contribution is 0.102. The van der Waals surface area contributed by atoms with Gasteiger partial charge in [0.1, 0.15) is 5.15 Å². The average molecular weight is 348 g/mol. The molecule has 0 saturated carbocycles. The van der Waals surface area contributed by atoms with Gasteiger partial charge in [-0.1, -0.05) is 29.3 Å². The second-order valence-corrected chi connectivity index (χ2v) is 6.02. The first-order valence-electron chi connectivity index (χ1n) is 7.26. The Labute approximate surface area is 144 Å². The molecule has 0 saturated heterocycles. The molecule has 3 rings (SSSR count). The van der Waals surface area contributed by atoms with E-state index >= 15 is 0 Å². The molecule has 0 unspecified atom stereocenters. The highest BCUT2D eigenvalue weighted by Crippen LogP contribution is 2.30. The first-order valence-corrected chi connectivity index (χ1v) is 8.01. The van der Waals surface area contributed by atoms with Crippen molar-refractivity contribution in [3.05, 3.63) is 63.9 Å². The van der Waals surface area contributed by atoms with Gasteiger partial charge in [0.05, 0.1) is 0 Å². The van der Waals surface area contributed by atoms with Crippen LogP contribution in [0.25, 0.3) is 5.57 Å². The fourth-order valence-electron chi connectivity index (χ4n) is 2.50. The second kappa shape index (κ2) is 7.13. The maximum absolute atomic E-state index is 12.4. The van der Waals surface area contributed by atoms with Gasteiger partial charge in [0.2, 0.25) is 0 Å². The maximum Gasteiger partial charge on any atom is 0.255 e. The number of nitrogens with one attached hydrogen (secondary N) is 2. The number of anilines is 1. The van der Waals surface area contributed by atoms with Crippen LogP contribution in [0.3, 0.4) is 0 Å². The van der Waals surface area contributed by atoms with Crippen LogP contribution in [-0.2, 0) is 0 Å². The number of hydrogen-bond donors (Lipinski definition) is 2. The number of hydrogen-bond acceptors (Lipinski definition) is 3. The van der Waals surface area contributed by atoms with E-state index in [2.05, 4.69) is 21.7 Å². The molecule has 0 atom stereocenters. The fourth-order valence-corrected chi connectivity index (χ4v) is 2.84. The van der Waals surface area contributed by atoms with Crippen molar-refractivity contribution in [2.75, 3.05) is 18.4 Å². The van der Waals surface area contributed by atoms with E-state index < -0.39 is 0 Å². The third kappa shape index (κ3) is 3.91. The Hall–Kier alpha value is -1.88. The van der Waals surface area contributed by atoms with Crippen molar-refractivity contribution < 1.29 is 4.79 Å². The Morgan fingerprint density at radius 3 is 2.83 bits per heavy atom. The molecule has 2 aromatic rings. The van der Waals surface area contributed by atoms with Crippen LogP contribution in [-0.4, -0.2) is 24.0 Å². The highest BCUT2D eigenvalue weighted by Gasteiger charge is 2.14. The summed E-state index contributed by atoms with van der Waals surface area (Å²) in [4.78, 5) is 16.3. The van der Waals surface area contributed by atoms with E-state index in [1.807, 2.05) is 12.1 Å². The van der Waals surface area contributed by atoms with Crippen LogP contribution < -0.4 is 10.6 Å². The van der Waals surface area contributed by atoms with Gasteiger partial charge in [0.15, 0.2) is 0 Å². The predicted molar refractivity (Wildman–Crippen MR) is 94.1 cm³/mol. The summed E-state index contributed by atoms with van der Waals surface area (Å²) in [6.07, 6.45) is 4.52. The first-order chi connectivity index (χ1) is 11.1. The van der Waals surface area contributed by atoms with Crippen molar-refractivity contribution >= 4 is 40.4 Å². The van der Waals surface area contributed by atoms with Crippen molar-refractivity contribution in [2.24, 2.45) is 0 Å². The van der Waals surface area contributed by atoms with Crippen molar-refractivity contribution in [2.45, 2.75) is 6.42 Å². The lowest BCUT2D eigenvalue weighted by Crippen LogP contribution is -2.21. The number of halogens is 2. The summed E-state index contributed by atoms with van der Waals surface area (Å²) in [7, 11) is 0. The summed E-state index contributed by atoms with van der Waals surface area (Å²) < 4.78 is 0. The summed E-state index contributed by atoms with van der Waals surface area (Å²) in [5, 5.41) is 7.14. The van der Waals surface area contributed by atoms with Gasteiger partial charge in [-0.05, 0) is 48.9 Å². The van der Waals surface area contributed by atoms with Crippen molar-refractivity contribution in [3.8, 4) is 0 Å². The summed E-state index contributed by atoms with van der Waals surface area (Å²) in [6, 6.07) is 8.63. The Bertz CT molecular complexity index is 774. The normalized spacial score (nSPS) is 14.3. The molecule has 0 spiro atoms. The monoisotopic (exact) mass is 347 g/mol. The lowest BCUT2D eigenvalue weighted by Gasteiger charge is -2.18. The van der Waals surface area contributed by atoms with Crippen LogP contribution >= 0.6 is 23.2 Å². The van der Waals surface area contributed by atoms with Crippen LogP contribution in [0, 0.1) is 0 Å². The van der Waals surface area contributed by atoms with E-state index in [1.165, 1.54) is 17.8 Å². The third-order valence-corrected chi connectivity index (χ3v) is 4.07. The van der Waals surface area contributed by atoms with E-state index in [-0.39, 0.29) is 11.1 Å². The lowest BCUT2D eigenvalue weighted by atomic mass is 9.98. The molecule has 1 aliphatic rings. The molecule has 2 heterocycles. The molecular weight excluding hydrogens is 333 g/mol. The second-order valence-electron chi connectivity index (χ2n) is 5.19. The quantitative estimate of drug-likeness (QED) is 0.824. The van der Waals surface area contributed by atoms with E-state index in [9.17, 15) is 4.79 Å². The topological polar surface area (TPSA) is 54.0 Å². The minimum Gasteiger partial charge on any atom is -0.321 e. The minimum atomic E-state index is -0.229. The van der Waals surface area contributed by atoms with E-state index in [0.29, 0.717) is 10.6 Å². The number of pyridine rings is 1. The molecule has 0 radical (unpaired) electrons. The summed E-state index contributed by atoms with van der Waals surface area (Å²) in [5.41, 5.74) is 3.33. The van der Waals surface area contributed by atoms with Gasteiger partial charge < -0.3 is 10.6 Å². The van der Waals surface area contributed by atoms with Gasteiger partial charge in [-0.3, -0.25) is 4.79 Å². The van der Waals surface area contributed by atoms with Gasteiger partial charge in [-0.2, -0.15) is 0 Å². The van der Waals surface area contributed by atoms with Crippen molar-refractivity contribution in [1.82, 2.24) is 10.3 Å². The molecule has 1 aromatic heterocycles. The number of rotatable bonds is 3. The Balaban J connectivity index is 1.90. The molecule has 6 heteroatoms. The van der Waals surface area contributed by atoms with Gasteiger partial charge in [-0.15, -0.1) is 0 Å². The zero-order valence-electron chi connectivity index (χ0n) is 12.3. The third-order valence-electron chi connectivity index (χ3n) is 3.63. The number of aromatic nitrogens is 1. The maximum atomic E-state index is 12.4. The molecule has 0 aliphatic carbocycles. The Kier molecular flexibility index (Phi) is 4.96. The van der Waals surface area contributed by atoms with E-state index in [1.54, 1.807) is 12.1 Å².